The average Bonchev–Trinajstić information content (AvgIpc) is 3.27. The maximum absolute atomic E-state index is 12.3. The minimum absolute atomic E-state index is 0.00658. The van der Waals surface area contributed by atoms with E-state index >= 15 is 0 Å². The van der Waals surface area contributed by atoms with E-state index in [-0.39, 0.29) is 33.0 Å². The summed E-state index contributed by atoms with van der Waals surface area (Å²) in [5, 5.41) is 29.7. The van der Waals surface area contributed by atoms with E-state index in [4.69, 9.17) is 4.42 Å². The van der Waals surface area contributed by atoms with E-state index in [9.17, 15) is 18.6 Å². The molecular formula is C17H12N4O5S2. The van der Waals surface area contributed by atoms with Crippen LogP contribution >= 0.6 is 11.3 Å². The second-order valence-electron chi connectivity index (χ2n) is 5.57. The third-order valence-electron chi connectivity index (χ3n) is 3.69. The van der Waals surface area contributed by atoms with Gasteiger partial charge in [0.1, 0.15) is 11.3 Å². The van der Waals surface area contributed by atoms with Gasteiger partial charge in [0.05, 0.1) is 16.0 Å². The number of nitrogens with one attached hydrogen (secondary N) is 1. The normalized spacial score (nSPS) is 12.0. The summed E-state index contributed by atoms with van der Waals surface area (Å²) in [7, 11) is -3.75. The Labute approximate surface area is 162 Å². The van der Waals surface area contributed by atoms with E-state index < -0.39 is 10.0 Å². The van der Waals surface area contributed by atoms with Crippen molar-refractivity contribution in [2.24, 2.45) is 10.2 Å². The molecule has 0 aliphatic rings. The molecule has 28 heavy (non-hydrogen) atoms. The standard InChI is InChI=1S/C17H12N4O5S2/c22-11-3-6-13-14(9-11)26-16(15(13)23)20-19-10-1-4-12(5-2-10)28(24,25)21-17-18-7-8-27-17/h1-9,22-23H,(H,18,21). The van der Waals surface area contributed by atoms with Gasteiger partial charge in [-0.05, 0) is 36.4 Å². The molecule has 2 heterocycles. The largest absolute Gasteiger partial charge is 0.508 e. The van der Waals surface area contributed by atoms with E-state index in [0.717, 1.165) is 0 Å². The molecule has 0 spiro atoms. The molecule has 2 aromatic carbocycles. The Morgan fingerprint density at radius 1 is 1.07 bits per heavy atom. The lowest BCUT2D eigenvalue weighted by molar-refractivity contribution is 0.467. The summed E-state index contributed by atoms with van der Waals surface area (Å²) < 4.78 is 32.3. The Morgan fingerprint density at radius 3 is 2.57 bits per heavy atom. The molecule has 142 valence electrons. The van der Waals surface area contributed by atoms with Crippen molar-refractivity contribution in [2.75, 3.05) is 4.72 Å². The number of fused-ring (bicyclic) bond motifs is 1. The molecule has 0 aliphatic carbocycles. The third-order valence-corrected chi connectivity index (χ3v) is 5.86. The van der Waals surface area contributed by atoms with Gasteiger partial charge in [-0.1, -0.05) is 0 Å². The monoisotopic (exact) mass is 416 g/mol. The van der Waals surface area contributed by atoms with E-state index in [1.165, 1.54) is 60.0 Å². The fourth-order valence-electron chi connectivity index (χ4n) is 2.37. The fourth-order valence-corrected chi connectivity index (χ4v) is 4.16. The molecule has 11 heteroatoms. The lowest BCUT2D eigenvalue weighted by atomic mass is 10.2. The zero-order chi connectivity index (χ0) is 19.7. The Hall–Kier alpha value is -3.44. The molecule has 0 aliphatic heterocycles. The van der Waals surface area contributed by atoms with Crippen molar-refractivity contribution in [3.8, 4) is 11.5 Å². The molecule has 0 bridgehead atoms. The molecule has 0 radical (unpaired) electrons. The van der Waals surface area contributed by atoms with Gasteiger partial charge >= 0.3 is 0 Å². The van der Waals surface area contributed by atoms with E-state index in [0.29, 0.717) is 11.1 Å². The molecule has 3 N–H and O–H groups in total. The zero-order valence-electron chi connectivity index (χ0n) is 14.0. The van der Waals surface area contributed by atoms with Crippen molar-refractivity contribution >= 4 is 49.0 Å². The van der Waals surface area contributed by atoms with Gasteiger partial charge in [-0.2, -0.15) is 0 Å². The summed E-state index contributed by atoms with van der Waals surface area (Å²) in [5.74, 6) is -0.332. The predicted octanol–water partition coefficient (Wildman–Crippen LogP) is 4.52. The van der Waals surface area contributed by atoms with Crippen LogP contribution in [0.1, 0.15) is 0 Å². The van der Waals surface area contributed by atoms with Crippen LogP contribution in [0, 0.1) is 0 Å². The number of furan rings is 1. The summed E-state index contributed by atoms with van der Waals surface area (Å²) in [6, 6.07) is 9.94. The van der Waals surface area contributed by atoms with Gasteiger partial charge in [0.15, 0.2) is 10.9 Å². The van der Waals surface area contributed by atoms with Gasteiger partial charge in [-0.3, -0.25) is 4.72 Å². The van der Waals surface area contributed by atoms with Crippen LogP contribution in [0.2, 0.25) is 0 Å². The molecule has 0 saturated carbocycles. The number of hydrogen-bond acceptors (Lipinski definition) is 9. The van der Waals surface area contributed by atoms with Gasteiger partial charge < -0.3 is 14.6 Å². The highest BCUT2D eigenvalue weighted by Crippen LogP contribution is 2.40. The molecule has 0 amide bonds. The first-order valence-electron chi connectivity index (χ1n) is 7.81. The van der Waals surface area contributed by atoms with E-state index in [1.807, 2.05) is 0 Å². The maximum atomic E-state index is 12.3. The van der Waals surface area contributed by atoms with Crippen LogP contribution in [0.25, 0.3) is 11.0 Å². The van der Waals surface area contributed by atoms with Crippen LogP contribution in [-0.2, 0) is 10.0 Å². The molecule has 4 rings (SSSR count). The Bertz CT molecular complexity index is 1260. The summed E-state index contributed by atoms with van der Waals surface area (Å²) >= 11 is 1.17. The number of benzene rings is 2. The minimum atomic E-state index is -3.75. The summed E-state index contributed by atoms with van der Waals surface area (Å²) in [5.41, 5.74) is 0.622. The number of anilines is 1. The minimum Gasteiger partial charge on any atom is -0.508 e. The van der Waals surface area contributed by atoms with Crippen LogP contribution in [0.4, 0.5) is 16.7 Å². The number of phenolic OH excluding ortho intramolecular Hbond substituents is 1. The number of hydrogen-bond donors (Lipinski definition) is 3. The van der Waals surface area contributed by atoms with Gasteiger partial charge in [0, 0.05) is 17.6 Å². The van der Waals surface area contributed by atoms with Gasteiger partial charge in [-0.15, -0.1) is 21.6 Å². The second-order valence-corrected chi connectivity index (χ2v) is 8.15. The number of azo groups is 1. The molecule has 0 atom stereocenters. The molecule has 4 aromatic rings. The summed E-state index contributed by atoms with van der Waals surface area (Å²) in [6.45, 7) is 0. The van der Waals surface area contributed by atoms with Crippen LogP contribution < -0.4 is 4.72 Å². The van der Waals surface area contributed by atoms with Crippen molar-refractivity contribution in [2.45, 2.75) is 4.90 Å². The molecule has 2 aromatic heterocycles. The Kier molecular flexibility index (Phi) is 4.45. The predicted molar refractivity (Wildman–Crippen MR) is 103 cm³/mol. The maximum Gasteiger partial charge on any atom is 0.282 e. The second kappa shape index (κ2) is 6.94. The number of phenols is 1. The SMILES string of the molecule is O=S(=O)(Nc1nccs1)c1ccc(N=Nc2oc3cc(O)ccc3c2O)cc1. The number of nitrogens with zero attached hydrogens (tertiary/aromatic N) is 3. The van der Waals surface area contributed by atoms with Gasteiger partial charge in [-0.25, -0.2) is 13.4 Å². The molecular weight excluding hydrogens is 404 g/mol. The van der Waals surface area contributed by atoms with Gasteiger partial charge in [0.25, 0.3) is 15.9 Å². The quantitative estimate of drug-likeness (QED) is 0.409. The van der Waals surface area contributed by atoms with Crippen molar-refractivity contribution in [3.63, 3.8) is 0 Å². The lowest BCUT2D eigenvalue weighted by Crippen LogP contribution is -2.12. The van der Waals surface area contributed by atoms with Crippen molar-refractivity contribution in [3.05, 3.63) is 54.0 Å². The smallest absolute Gasteiger partial charge is 0.282 e. The first kappa shape index (κ1) is 17.9. The highest BCUT2D eigenvalue weighted by Gasteiger charge is 2.16. The van der Waals surface area contributed by atoms with Crippen LogP contribution in [0.5, 0.6) is 11.5 Å². The number of aromatic nitrogens is 1. The van der Waals surface area contributed by atoms with Crippen molar-refractivity contribution in [1.82, 2.24) is 4.98 Å². The van der Waals surface area contributed by atoms with Crippen LogP contribution in [-0.4, -0.2) is 23.6 Å². The fraction of sp³-hybridized carbons (Fsp3) is 0. The zero-order valence-corrected chi connectivity index (χ0v) is 15.6. The lowest BCUT2D eigenvalue weighted by Gasteiger charge is -2.04. The highest BCUT2D eigenvalue weighted by atomic mass is 32.2. The Morgan fingerprint density at radius 2 is 1.86 bits per heavy atom. The van der Waals surface area contributed by atoms with Crippen molar-refractivity contribution in [1.29, 1.82) is 0 Å². The van der Waals surface area contributed by atoms with Crippen LogP contribution in [0.3, 0.4) is 0 Å². The van der Waals surface area contributed by atoms with E-state index in [1.54, 1.807) is 5.38 Å². The number of aromatic hydroxyl groups is 2. The first-order valence-corrected chi connectivity index (χ1v) is 10.2. The summed E-state index contributed by atoms with van der Waals surface area (Å²) in [6.07, 6.45) is 1.50. The molecule has 0 unspecified atom stereocenters. The average molecular weight is 416 g/mol. The number of rotatable bonds is 5. The van der Waals surface area contributed by atoms with Gasteiger partial charge in [0.2, 0.25) is 0 Å². The molecule has 0 fully saturated rings. The van der Waals surface area contributed by atoms with Crippen molar-refractivity contribution < 1.29 is 23.0 Å². The number of sulfonamides is 1. The Balaban J connectivity index is 1.55. The molecule has 0 saturated heterocycles. The first-order chi connectivity index (χ1) is 13.4. The molecule has 9 nitrogen and oxygen atoms in total. The topological polar surface area (TPSA) is 137 Å². The summed E-state index contributed by atoms with van der Waals surface area (Å²) in [4.78, 5) is 3.93. The third kappa shape index (κ3) is 3.52. The highest BCUT2D eigenvalue weighted by molar-refractivity contribution is 7.93. The van der Waals surface area contributed by atoms with E-state index in [2.05, 4.69) is 19.9 Å². The van der Waals surface area contributed by atoms with Crippen LogP contribution in [0.15, 0.2) is 73.6 Å². The number of thiazole rings is 1.